The van der Waals surface area contributed by atoms with Gasteiger partial charge in [0.25, 0.3) is 5.69 Å². The van der Waals surface area contributed by atoms with Crippen molar-refractivity contribution < 1.29 is 19.3 Å². The molecule has 0 saturated carbocycles. The number of nitrogens with zero attached hydrogens (tertiary/aromatic N) is 8. The van der Waals surface area contributed by atoms with Crippen LogP contribution in [0.25, 0.3) is 0 Å². The number of rotatable bonds is 9. The SMILES string of the molecule is O=[N+]([O-])c1ccc(Oc2cccc(C=NNc3nc(N4CCCC4)nc(N4CCOCC4)n3)c2)c([N+](=O)[O-])c1. The highest BCUT2D eigenvalue weighted by Crippen LogP contribution is 2.34. The number of non-ortho nitro benzene ring substituents is 1. The zero-order valence-electron chi connectivity index (χ0n) is 20.8. The molecular weight excluding hydrogens is 510 g/mol. The van der Waals surface area contributed by atoms with Gasteiger partial charge in [0.2, 0.25) is 23.6 Å². The summed E-state index contributed by atoms with van der Waals surface area (Å²) in [6, 6.07) is 9.90. The highest BCUT2D eigenvalue weighted by Gasteiger charge is 2.22. The van der Waals surface area contributed by atoms with Gasteiger partial charge >= 0.3 is 5.69 Å². The Kier molecular flexibility index (Phi) is 7.68. The lowest BCUT2D eigenvalue weighted by atomic mass is 10.2. The van der Waals surface area contributed by atoms with Crippen molar-refractivity contribution >= 4 is 35.4 Å². The van der Waals surface area contributed by atoms with E-state index in [1.165, 1.54) is 12.3 Å². The number of hydrogen-bond donors (Lipinski definition) is 1. The Balaban J connectivity index is 1.32. The van der Waals surface area contributed by atoms with E-state index in [0.29, 0.717) is 55.5 Å². The lowest BCUT2D eigenvalue weighted by molar-refractivity contribution is -0.394. The maximum absolute atomic E-state index is 11.4. The summed E-state index contributed by atoms with van der Waals surface area (Å²) in [5.41, 5.74) is 2.60. The number of nitro benzene ring substituents is 2. The lowest BCUT2D eigenvalue weighted by Crippen LogP contribution is -2.38. The molecule has 2 aliphatic rings. The molecule has 3 aromatic rings. The highest BCUT2D eigenvalue weighted by atomic mass is 16.6. The van der Waals surface area contributed by atoms with Crippen molar-refractivity contribution in [1.82, 2.24) is 15.0 Å². The molecule has 2 aromatic carbocycles. The first-order valence-corrected chi connectivity index (χ1v) is 12.3. The Morgan fingerprint density at radius 1 is 0.923 bits per heavy atom. The predicted octanol–water partition coefficient (Wildman–Crippen LogP) is 3.36. The number of ether oxygens (including phenoxy) is 2. The minimum atomic E-state index is -0.728. The van der Waals surface area contributed by atoms with Crippen molar-refractivity contribution in [3.05, 3.63) is 68.3 Å². The second-order valence-electron chi connectivity index (χ2n) is 8.76. The molecule has 0 aliphatic carbocycles. The molecule has 2 aliphatic heterocycles. The number of nitro groups is 2. The van der Waals surface area contributed by atoms with E-state index in [9.17, 15) is 20.2 Å². The topological polar surface area (TPSA) is 174 Å². The van der Waals surface area contributed by atoms with Gasteiger partial charge in [0.1, 0.15) is 5.75 Å². The van der Waals surface area contributed by atoms with Crippen molar-refractivity contribution in [2.75, 3.05) is 54.6 Å². The molecule has 0 amide bonds. The number of nitrogens with one attached hydrogen (secondary N) is 1. The Hall–Kier alpha value is -4.92. The van der Waals surface area contributed by atoms with Gasteiger partial charge in [-0.25, -0.2) is 5.43 Å². The van der Waals surface area contributed by atoms with Crippen molar-refractivity contribution in [3.8, 4) is 11.5 Å². The van der Waals surface area contributed by atoms with Gasteiger partial charge in [-0.3, -0.25) is 20.2 Å². The molecule has 39 heavy (non-hydrogen) atoms. The number of aromatic nitrogens is 3. The zero-order chi connectivity index (χ0) is 27.2. The molecule has 1 aromatic heterocycles. The van der Waals surface area contributed by atoms with Gasteiger partial charge in [0.15, 0.2) is 0 Å². The number of benzene rings is 2. The summed E-state index contributed by atoms with van der Waals surface area (Å²) in [7, 11) is 0. The molecule has 15 nitrogen and oxygen atoms in total. The largest absolute Gasteiger partial charge is 0.450 e. The van der Waals surface area contributed by atoms with Crippen LogP contribution in [-0.4, -0.2) is 70.4 Å². The smallest absolute Gasteiger partial charge is 0.318 e. The molecule has 1 N–H and O–H groups in total. The van der Waals surface area contributed by atoms with Gasteiger partial charge in [0, 0.05) is 32.2 Å². The zero-order valence-corrected chi connectivity index (χ0v) is 20.8. The molecular formula is C24H25N9O6. The molecule has 3 heterocycles. The van der Waals surface area contributed by atoms with Crippen LogP contribution >= 0.6 is 0 Å². The van der Waals surface area contributed by atoms with Crippen molar-refractivity contribution in [1.29, 1.82) is 0 Å². The third-order valence-electron chi connectivity index (χ3n) is 6.11. The Morgan fingerprint density at radius 3 is 2.33 bits per heavy atom. The second-order valence-corrected chi connectivity index (χ2v) is 8.76. The van der Waals surface area contributed by atoms with Crippen LogP contribution in [0.15, 0.2) is 47.6 Å². The Bertz CT molecular complexity index is 1390. The summed E-state index contributed by atoms with van der Waals surface area (Å²) in [6.45, 7) is 4.35. The van der Waals surface area contributed by atoms with Crippen LogP contribution in [0.5, 0.6) is 11.5 Å². The van der Waals surface area contributed by atoms with Crippen LogP contribution < -0.4 is 20.0 Å². The summed E-state index contributed by atoms with van der Waals surface area (Å²) in [5.74, 6) is 1.64. The van der Waals surface area contributed by atoms with E-state index in [4.69, 9.17) is 9.47 Å². The standard InChI is InChI=1S/C24H25N9O6/c34-32(35)18-6-7-21(20(15-18)33(36)37)39-19-5-3-4-17(14-19)16-25-29-22-26-23(30-8-1-2-9-30)28-24(27-22)31-10-12-38-13-11-31/h3-7,14-16H,1-2,8-13H2,(H,26,27,28,29). The van der Waals surface area contributed by atoms with Crippen molar-refractivity contribution in [2.45, 2.75) is 12.8 Å². The predicted molar refractivity (Wildman–Crippen MR) is 142 cm³/mol. The Labute approximate surface area is 222 Å². The maximum atomic E-state index is 11.4. The summed E-state index contributed by atoms with van der Waals surface area (Å²) in [5, 5.41) is 26.6. The molecule has 2 fully saturated rings. The second kappa shape index (κ2) is 11.6. The average Bonchev–Trinajstić information content (AvgIpc) is 3.49. The van der Waals surface area contributed by atoms with E-state index >= 15 is 0 Å². The molecule has 2 saturated heterocycles. The third-order valence-corrected chi connectivity index (χ3v) is 6.11. The van der Waals surface area contributed by atoms with Gasteiger partial charge in [-0.05, 0) is 36.6 Å². The number of hydrazone groups is 1. The van der Waals surface area contributed by atoms with Gasteiger partial charge in [0.05, 0.1) is 35.3 Å². The summed E-state index contributed by atoms with van der Waals surface area (Å²) < 4.78 is 11.1. The highest BCUT2D eigenvalue weighted by molar-refractivity contribution is 5.80. The number of hydrogen-bond acceptors (Lipinski definition) is 13. The first-order chi connectivity index (χ1) is 19.0. The van der Waals surface area contributed by atoms with Crippen LogP contribution in [0, 0.1) is 20.2 Å². The molecule has 0 spiro atoms. The first-order valence-electron chi connectivity index (χ1n) is 12.3. The van der Waals surface area contributed by atoms with Crippen molar-refractivity contribution in [3.63, 3.8) is 0 Å². The number of anilines is 3. The number of morpholine rings is 1. The van der Waals surface area contributed by atoms with E-state index in [1.807, 2.05) is 0 Å². The van der Waals surface area contributed by atoms with Gasteiger partial charge in [-0.15, -0.1) is 0 Å². The van der Waals surface area contributed by atoms with E-state index < -0.39 is 21.2 Å². The molecule has 5 rings (SSSR count). The fourth-order valence-corrected chi connectivity index (χ4v) is 4.17. The minimum Gasteiger partial charge on any atom is -0.450 e. The summed E-state index contributed by atoms with van der Waals surface area (Å²) in [6.07, 6.45) is 3.70. The average molecular weight is 536 g/mol. The van der Waals surface area contributed by atoms with Crippen LogP contribution in [0.3, 0.4) is 0 Å². The molecule has 0 bridgehead atoms. The summed E-state index contributed by atoms with van der Waals surface area (Å²) in [4.78, 5) is 38.9. The minimum absolute atomic E-state index is 0.118. The lowest BCUT2D eigenvalue weighted by Gasteiger charge is -2.27. The fourth-order valence-electron chi connectivity index (χ4n) is 4.17. The molecule has 0 atom stereocenters. The first kappa shape index (κ1) is 25.7. The van der Waals surface area contributed by atoms with Crippen LogP contribution in [0.1, 0.15) is 18.4 Å². The normalized spacial score (nSPS) is 15.5. The monoisotopic (exact) mass is 535 g/mol. The maximum Gasteiger partial charge on any atom is 0.318 e. The summed E-state index contributed by atoms with van der Waals surface area (Å²) >= 11 is 0. The van der Waals surface area contributed by atoms with Crippen LogP contribution in [-0.2, 0) is 4.74 Å². The molecule has 0 unspecified atom stereocenters. The van der Waals surface area contributed by atoms with Crippen LogP contribution in [0.4, 0.5) is 29.2 Å². The van der Waals surface area contributed by atoms with E-state index in [-0.39, 0.29) is 5.75 Å². The van der Waals surface area contributed by atoms with E-state index in [0.717, 1.165) is 38.1 Å². The van der Waals surface area contributed by atoms with Gasteiger partial charge in [-0.1, -0.05) is 12.1 Å². The van der Waals surface area contributed by atoms with E-state index in [2.05, 4.69) is 35.3 Å². The van der Waals surface area contributed by atoms with E-state index in [1.54, 1.807) is 24.3 Å². The Morgan fingerprint density at radius 2 is 1.64 bits per heavy atom. The molecule has 0 radical (unpaired) electrons. The van der Waals surface area contributed by atoms with Gasteiger partial charge < -0.3 is 19.3 Å². The third kappa shape index (κ3) is 6.32. The van der Waals surface area contributed by atoms with Crippen LogP contribution in [0.2, 0.25) is 0 Å². The van der Waals surface area contributed by atoms with Crippen molar-refractivity contribution in [2.24, 2.45) is 5.10 Å². The quantitative estimate of drug-likeness (QED) is 0.241. The molecule has 202 valence electrons. The molecule has 15 heteroatoms. The fraction of sp³-hybridized carbons (Fsp3) is 0.333. The van der Waals surface area contributed by atoms with Gasteiger partial charge in [-0.2, -0.15) is 20.1 Å².